The van der Waals surface area contributed by atoms with E-state index < -0.39 is 0 Å². The van der Waals surface area contributed by atoms with Gasteiger partial charge in [-0.15, -0.1) is 0 Å². The van der Waals surface area contributed by atoms with Crippen LogP contribution in [0.2, 0.25) is 0 Å². The van der Waals surface area contributed by atoms with Crippen molar-refractivity contribution in [3.05, 3.63) is 58.6 Å². The Kier molecular flexibility index (Phi) is 5.83. The van der Waals surface area contributed by atoms with Crippen LogP contribution in [0.25, 0.3) is 0 Å². The highest BCUT2D eigenvalue weighted by Crippen LogP contribution is 2.29. The number of hydrogen-bond donors (Lipinski definition) is 2. The van der Waals surface area contributed by atoms with Crippen molar-refractivity contribution in [2.75, 3.05) is 17.2 Å². The molecule has 0 atom stereocenters. The molecule has 0 spiro atoms. The molecule has 3 nitrogen and oxygen atoms in total. The Balaban J connectivity index is 1.89. The van der Waals surface area contributed by atoms with Crippen molar-refractivity contribution in [1.82, 2.24) is 0 Å². The zero-order valence-electron chi connectivity index (χ0n) is 13.8. The minimum atomic E-state index is -0.000448. The quantitative estimate of drug-likeness (QED) is 0.755. The third-order valence-electron chi connectivity index (χ3n) is 3.53. The van der Waals surface area contributed by atoms with Gasteiger partial charge in [0.1, 0.15) is 0 Å². The van der Waals surface area contributed by atoms with Gasteiger partial charge in [-0.05, 0) is 41.3 Å². The average molecular weight is 375 g/mol. The summed E-state index contributed by atoms with van der Waals surface area (Å²) in [6.07, 6.45) is 0.425. The molecule has 0 aliphatic carbocycles. The van der Waals surface area contributed by atoms with Crippen molar-refractivity contribution in [3.63, 3.8) is 0 Å². The van der Waals surface area contributed by atoms with Crippen LogP contribution in [0.15, 0.2) is 53.0 Å². The molecule has 4 heteroatoms. The van der Waals surface area contributed by atoms with Gasteiger partial charge in [-0.2, -0.15) is 0 Å². The minimum Gasteiger partial charge on any atom is -0.385 e. The van der Waals surface area contributed by atoms with Gasteiger partial charge < -0.3 is 10.6 Å². The van der Waals surface area contributed by atoms with E-state index in [9.17, 15) is 4.79 Å². The molecule has 122 valence electrons. The molecule has 0 aliphatic rings. The van der Waals surface area contributed by atoms with Crippen molar-refractivity contribution in [3.8, 4) is 0 Å². The smallest absolute Gasteiger partial charge is 0.226 e. The molecule has 1 amide bonds. The molecule has 0 aromatic heterocycles. The zero-order chi connectivity index (χ0) is 16.9. The maximum Gasteiger partial charge on any atom is 0.226 e. The summed E-state index contributed by atoms with van der Waals surface area (Å²) < 4.78 is 1.04. The molecular weight excluding hydrogens is 352 g/mol. The van der Waals surface area contributed by atoms with E-state index in [1.807, 2.05) is 42.5 Å². The number of anilines is 2. The third-order valence-corrected chi connectivity index (χ3v) is 4.06. The number of halogens is 1. The van der Waals surface area contributed by atoms with Crippen LogP contribution >= 0.6 is 15.9 Å². The Morgan fingerprint density at radius 1 is 1.04 bits per heavy atom. The van der Waals surface area contributed by atoms with Crippen LogP contribution < -0.4 is 10.6 Å². The summed E-state index contributed by atoms with van der Waals surface area (Å²) in [6, 6.07) is 15.9. The maximum absolute atomic E-state index is 12.2. The van der Waals surface area contributed by atoms with Crippen LogP contribution in [-0.2, 0) is 10.2 Å². The highest BCUT2D eigenvalue weighted by atomic mass is 79.9. The summed E-state index contributed by atoms with van der Waals surface area (Å²) in [5.41, 5.74) is 3.05. The van der Waals surface area contributed by atoms with Crippen LogP contribution in [0.1, 0.15) is 32.8 Å². The number of carbonyl (C=O) groups is 1. The lowest BCUT2D eigenvalue weighted by atomic mass is 9.86. The predicted molar refractivity (Wildman–Crippen MR) is 101 cm³/mol. The molecule has 0 heterocycles. The molecule has 2 rings (SSSR count). The lowest BCUT2D eigenvalue weighted by Gasteiger charge is -2.23. The number of hydrogen-bond acceptors (Lipinski definition) is 2. The summed E-state index contributed by atoms with van der Waals surface area (Å²) >= 11 is 3.40. The summed E-state index contributed by atoms with van der Waals surface area (Å²) in [5, 5.41) is 6.28. The van der Waals surface area contributed by atoms with Gasteiger partial charge in [0.2, 0.25) is 5.91 Å². The SMILES string of the molecule is CC(C)(C)c1ccccc1NC(=O)CCNc1ccc(Br)cc1. The Morgan fingerprint density at radius 2 is 1.70 bits per heavy atom. The Bertz CT molecular complexity index is 660. The molecule has 0 bridgehead atoms. The normalized spacial score (nSPS) is 11.1. The summed E-state index contributed by atoms with van der Waals surface area (Å²) in [6.45, 7) is 7.04. The standard InChI is InChI=1S/C19H23BrN2O/c1-19(2,3)16-6-4-5-7-17(16)22-18(23)12-13-21-15-10-8-14(20)9-11-15/h4-11,21H,12-13H2,1-3H3,(H,22,23). The van der Waals surface area contributed by atoms with Gasteiger partial charge in [0, 0.05) is 28.8 Å². The first-order valence-corrected chi connectivity index (χ1v) is 8.54. The fourth-order valence-electron chi connectivity index (χ4n) is 2.35. The fraction of sp³-hybridized carbons (Fsp3) is 0.316. The number of nitrogens with one attached hydrogen (secondary N) is 2. The minimum absolute atomic E-state index is 0.000448. The number of para-hydroxylation sites is 1. The lowest BCUT2D eigenvalue weighted by molar-refractivity contribution is -0.115. The average Bonchev–Trinajstić information content (AvgIpc) is 2.49. The van der Waals surface area contributed by atoms with Crippen LogP contribution in [0.3, 0.4) is 0 Å². The predicted octanol–water partition coefficient (Wildman–Crippen LogP) is 5.19. The number of amides is 1. The second-order valence-corrected chi connectivity index (χ2v) is 7.44. The van der Waals surface area contributed by atoms with E-state index in [0.717, 1.165) is 21.4 Å². The molecule has 0 unspecified atom stereocenters. The Hall–Kier alpha value is -1.81. The van der Waals surface area contributed by atoms with Gasteiger partial charge in [0.25, 0.3) is 0 Å². The maximum atomic E-state index is 12.2. The molecule has 0 radical (unpaired) electrons. The molecule has 2 N–H and O–H groups in total. The van der Waals surface area contributed by atoms with Crippen molar-refractivity contribution < 1.29 is 4.79 Å². The first kappa shape index (κ1) is 17.5. The molecule has 0 saturated carbocycles. The summed E-state index contributed by atoms with van der Waals surface area (Å²) in [7, 11) is 0. The first-order chi connectivity index (χ1) is 10.9. The second-order valence-electron chi connectivity index (χ2n) is 6.53. The van der Waals surface area contributed by atoms with Crippen molar-refractivity contribution in [2.45, 2.75) is 32.6 Å². The van der Waals surface area contributed by atoms with Gasteiger partial charge in [-0.25, -0.2) is 0 Å². The van der Waals surface area contributed by atoms with Gasteiger partial charge >= 0.3 is 0 Å². The van der Waals surface area contributed by atoms with Crippen LogP contribution in [0, 0.1) is 0 Å². The van der Waals surface area contributed by atoms with Gasteiger partial charge in [0.05, 0.1) is 0 Å². The van der Waals surface area contributed by atoms with E-state index in [1.165, 1.54) is 0 Å². The molecule has 0 saturated heterocycles. The zero-order valence-corrected chi connectivity index (χ0v) is 15.4. The highest BCUT2D eigenvalue weighted by Gasteiger charge is 2.18. The molecule has 2 aromatic carbocycles. The van der Waals surface area contributed by atoms with Gasteiger partial charge in [-0.3, -0.25) is 4.79 Å². The molecule has 0 aliphatic heterocycles. The van der Waals surface area contributed by atoms with Crippen molar-refractivity contribution in [2.24, 2.45) is 0 Å². The summed E-state index contributed by atoms with van der Waals surface area (Å²) in [5.74, 6) is 0.0197. The van der Waals surface area contributed by atoms with E-state index in [0.29, 0.717) is 13.0 Å². The van der Waals surface area contributed by atoms with Gasteiger partial charge in [0.15, 0.2) is 0 Å². The van der Waals surface area contributed by atoms with E-state index in [4.69, 9.17) is 0 Å². The number of rotatable bonds is 5. The van der Waals surface area contributed by atoms with Crippen LogP contribution in [0.5, 0.6) is 0 Å². The topological polar surface area (TPSA) is 41.1 Å². The van der Waals surface area contributed by atoms with E-state index >= 15 is 0 Å². The van der Waals surface area contributed by atoms with Crippen LogP contribution in [0.4, 0.5) is 11.4 Å². The molecule has 0 fully saturated rings. The number of benzene rings is 2. The number of carbonyl (C=O) groups excluding carboxylic acids is 1. The van der Waals surface area contributed by atoms with E-state index in [2.05, 4.69) is 53.4 Å². The van der Waals surface area contributed by atoms with Gasteiger partial charge in [-0.1, -0.05) is 54.9 Å². The second kappa shape index (κ2) is 7.64. The van der Waals surface area contributed by atoms with Crippen molar-refractivity contribution in [1.29, 1.82) is 0 Å². The fourth-order valence-corrected chi connectivity index (χ4v) is 2.61. The Labute approximate surface area is 146 Å². The summed E-state index contributed by atoms with van der Waals surface area (Å²) in [4.78, 5) is 12.2. The lowest BCUT2D eigenvalue weighted by Crippen LogP contribution is -2.20. The molecular formula is C19H23BrN2O. The first-order valence-electron chi connectivity index (χ1n) is 7.75. The van der Waals surface area contributed by atoms with Crippen LogP contribution in [-0.4, -0.2) is 12.5 Å². The third kappa shape index (κ3) is 5.39. The monoisotopic (exact) mass is 374 g/mol. The highest BCUT2D eigenvalue weighted by molar-refractivity contribution is 9.10. The van der Waals surface area contributed by atoms with E-state index in [-0.39, 0.29) is 11.3 Å². The van der Waals surface area contributed by atoms with E-state index in [1.54, 1.807) is 0 Å². The van der Waals surface area contributed by atoms with Crippen molar-refractivity contribution >= 4 is 33.2 Å². The molecule has 2 aromatic rings. The largest absolute Gasteiger partial charge is 0.385 e. The molecule has 23 heavy (non-hydrogen) atoms. The Morgan fingerprint density at radius 3 is 2.35 bits per heavy atom.